The molecule has 0 aliphatic carbocycles. The van der Waals surface area contributed by atoms with Crippen molar-refractivity contribution in [3.63, 3.8) is 0 Å². The lowest BCUT2D eigenvalue weighted by atomic mass is 10.2. The topological polar surface area (TPSA) is 72.9 Å². The van der Waals surface area contributed by atoms with E-state index in [-0.39, 0.29) is 0 Å². The van der Waals surface area contributed by atoms with Gasteiger partial charge in [0.1, 0.15) is 12.1 Å². The van der Waals surface area contributed by atoms with Crippen molar-refractivity contribution in [1.82, 2.24) is 19.7 Å². The predicted octanol–water partition coefficient (Wildman–Crippen LogP) is 0.291. The highest BCUT2D eigenvalue weighted by Gasteiger charge is 2.26. The molecule has 1 atom stereocenters. The Labute approximate surface area is 99.4 Å². The quantitative estimate of drug-likeness (QED) is 0.805. The molecule has 6 heteroatoms. The molecular weight excluding hydrogens is 216 g/mol. The fourth-order valence-corrected chi connectivity index (χ4v) is 2.54. The largest absolute Gasteiger partial charge is 0.352 e. The maximum absolute atomic E-state index is 5.80. The Kier molecular flexibility index (Phi) is 2.44. The molecule has 3 heterocycles. The van der Waals surface area contributed by atoms with Gasteiger partial charge in [0.15, 0.2) is 5.65 Å². The number of hydrogen-bond donors (Lipinski definition) is 1. The number of nitrogens with two attached hydrogens (primary N) is 1. The Morgan fingerprint density at radius 1 is 1.47 bits per heavy atom. The summed E-state index contributed by atoms with van der Waals surface area (Å²) in [5.41, 5.74) is 6.68. The molecule has 1 aliphatic rings. The molecule has 1 aliphatic heterocycles. The molecule has 6 nitrogen and oxygen atoms in total. The minimum atomic E-state index is 0.397. The maximum atomic E-state index is 5.80. The van der Waals surface area contributed by atoms with Crippen molar-refractivity contribution >= 4 is 16.9 Å². The summed E-state index contributed by atoms with van der Waals surface area (Å²) in [7, 11) is 1.89. The minimum absolute atomic E-state index is 0.397. The molecule has 0 saturated carbocycles. The van der Waals surface area contributed by atoms with Crippen molar-refractivity contribution in [2.45, 2.75) is 18.9 Å². The van der Waals surface area contributed by atoms with E-state index in [0.29, 0.717) is 12.6 Å². The molecule has 1 fully saturated rings. The van der Waals surface area contributed by atoms with E-state index in [4.69, 9.17) is 5.73 Å². The van der Waals surface area contributed by atoms with E-state index in [1.807, 2.05) is 13.2 Å². The summed E-state index contributed by atoms with van der Waals surface area (Å²) >= 11 is 0. The Morgan fingerprint density at radius 2 is 2.35 bits per heavy atom. The molecular formula is C11H16N6. The van der Waals surface area contributed by atoms with E-state index in [9.17, 15) is 0 Å². The van der Waals surface area contributed by atoms with E-state index < -0.39 is 0 Å². The van der Waals surface area contributed by atoms with Crippen molar-refractivity contribution in [3.05, 3.63) is 12.5 Å². The summed E-state index contributed by atoms with van der Waals surface area (Å²) < 4.78 is 1.77. The van der Waals surface area contributed by atoms with Crippen LogP contribution in [0.2, 0.25) is 0 Å². The van der Waals surface area contributed by atoms with E-state index in [1.165, 1.54) is 6.42 Å². The number of fused-ring (bicyclic) bond motifs is 1. The monoisotopic (exact) mass is 232 g/mol. The van der Waals surface area contributed by atoms with Crippen LogP contribution in [0.1, 0.15) is 12.8 Å². The average molecular weight is 232 g/mol. The van der Waals surface area contributed by atoms with Crippen molar-refractivity contribution in [1.29, 1.82) is 0 Å². The number of anilines is 1. The lowest BCUT2D eigenvalue weighted by Gasteiger charge is -2.24. The summed E-state index contributed by atoms with van der Waals surface area (Å²) in [6.45, 7) is 1.69. The zero-order chi connectivity index (χ0) is 11.8. The number of hydrogen-bond acceptors (Lipinski definition) is 5. The van der Waals surface area contributed by atoms with Gasteiger partial charge in [0.25, 0.3) is 0 Å². The molecule has 2 N–H and O–H groups in total. The lowest BCUT2D eigenvalue weighted by Crippen LogP contribution is -2.36. The highest BCUT2D eigenvalue weighted by atomic mass is 15.3. The molecule has 0 amide bonds. The molecule has 0 bridgehead atoms. The normalized spacial score (nSPS) is 20.4. The van der Waals surface area contributed by atoms with E-state index >= 15 is 0 Å². The molecule has 0 radical (unpaired) electrons. The van der Waals surface area contributed by atoms with Crippen molar-refractivity contribution in [2.24, 2.45) is 12.8 Å². The Morgan fingerprint density at radius 3 is 3.18 bits per heavy atom. The predicted molar refractivity (Wildman–Crippen MR) is 65.7 cm³/mol. The first kappa shape index (κ1) is 10.5. The van der Waals surface area contributed by atoms with Gasteiger partial charge in [-0.15, -0.1) is 0 Å². The van der Waals surface area contributed by atoms with Crippen LogP contribution in [-0.2, 0) is 7.05 Å². The van der Waals surface area contributed by atoms with Gasteiger partial charge in [0.05, 0.1) is 11.6 Å². The second-order valence-electron chi connectivity index (χ2n) is 4.43. The van der Waals surface area contributed by atoms with Crippen molar-refractivity contribution in [2.75, 3.05) is 18.0 Å². The molecule has 90 valence electrons. The first-order valence-electron chi connectivity index (χ1n) is 5.90. The average Bonchev–Trinajstić information content (AvgIpc) is 2.96. The summed E-state index contributed by atoms with van der Waals surface area (Å²) in [5, 5.41) is 5.24. The SMILES string of the molecule is Cn1ncc2c(N3CCCC3CN)ncnc21. The number of nitrogens with zero attached hydrogens (tertiary/aromatic N) is 5. The summed E-state index contributed by atoms with van der Waals surface area (Å²) in [6.07, 6.45) is 5.75. The fraction of sp³-hybridized carbons (Fsp3) is 0.545. The van der Waals surface area contributed by atoms with Crippen LogP contribution in [0.15, 0.2) is 12.5 Å². The first-order chi connectivity index (χ1) is 8.31. The van der Waals surface area contributed by atoms with Gasteiger partial charge in [-0.2, -0.15) is 5.10 Å². The van der Waals surface area contributed by atoms with Crippen LogP contribution in [-0.4, -0.2) is 38.9 Å². The van der Waals surface area contributed by atoms with Crippen molar-refractivity contribution < 1.29 is 0 Å². The second kappa shape index (κ2) is 3.96. The van der Waals surface area contributed by atoms with Crippen LogP contribution >= 0.6 is 0 Å². The molecule has 1 unspecified atom stereocenters. The van der Waals surface area contributed by atoms with Crippen LogP contribution < -0.4 is 10.6 Å². The zero-order valence-corrected chi connectivity index (χ0v) is 9.87. The third-order valence-electron chi connectivity index (χ3n) is 3.43. The van der Waals surface area contributed by atoms with E-state index in [0.717, 1.165) is 29.8 Å². The van der Waals surface area contributed by atoms with Crippen LogP contribution in [0.25, 0.3) is 11.0 Å². The number of aromatic nitrogens is 4. The highest BCUT2D eigenvalue weighted by molar-refractivity contribution is 5.86. The first-order valence-corrected chi connectivity index (χ1v) is 5.90. The fourth-order valence-electron chi connectivity index (χ4n) is 2.54. The van der Waals surface area contributed by atoms with Gasteiger partial charge in [0.2, 0.25) is 0 Å². The van der Waals surface area contributed by atoms with Gasteiger partial charge in [-0.05, 0) is 12.8 Å². The van der Waals surface area contributed by atoms with Crippen LogP contribution in [0.4, 0.5) is 5.82 Å². The van der Waals surface area contributed by atoms with Gasteiger partial charge < -0.3 is 10.6 Å². The molecule has 2 aromatic rings. The molecule has 1 saturated heterocycles. The minimum Gasteiger partial charge on any atom is -0.352 e. The maximum Gasteiger partial charge on any atom is 0.163 e. The number of rotatable bonds is 2. The Bertz CT molecular complexity index is 534. The molecule has 3 rings (SSSR count). The van der Waals surface area contributed by atoms with Crippen LogP contribution in [0, 0.1) is 0 Å². The number of aryl methyl sites for hydroxylation is 1. The summed E-state index contributed by atoms with van der Waals surface area (Å²) in [5.74, 6) is 0.969. The van der Waals surface area contributed by atoms with Crippen LogP contribution in [0.5, 0.6) is 0 Å². The Balaban J connectivity index is 2.10. The standard InChI is InChI=1S/C11H16N6/c1-16-10-9(6-15-16)11(14-7-13-10)17-4-2-3-8(17)5-12/h6-8H,2-5,12H2,1H3. The lowest BCUT2D eigenvalue weighted by molar-refractivity contribution is 0.672. The third-order valence-corrected chi connectivity index (χ3v) is 3.43. The van der Waals surface area contributed by atoms with Crippen LogP contribution in [0.3, 0.4) is 0 Å². The molecule has 0 aromatic carbocycles. The van der Waals surface area contributed by atoms with Gasteiger partial charge in [-0.25, -0.2) is 9.97 Å². The summed E-state index contributed by atoms with van der Waals surface area (Å²) in [6, 6.07) is 0.397. The van der Waals surface area contributed by atoms with Gasteiger partial charge >= 0.3 is 0 Å². The molecule has 2 aromatic heterocycles. The van der Waals surface area contributed by atoms with Gasteiger partial charge in [-0.3, -0.25) is 4.68 Å². The van der Waals surface area contributed by atoms with E-state index in [2.05, 4.69) is 20.0 Å². The Hall–Kier alpha value is -1.69. The van der Waals surface area contributed by atoms with Gasteiger partial charge in [0, 0.05) is 26.2 Å². The van der Waals surface area contributed by atoms with Crippen molar-refractivity contribution in [3.8, 4) is 0 Å². The second-order valence-corrected chi connectivity index (χ2v) is 4.43. The third kappa shape index (κ3) is 1.56. The van der Waals surface area contributed by atoms with Gasteiger partial charge in [-0.1, -0.05) is 0 Å². The molecule has 0 spiro atoms. The highest BCUT2D eigenvalue weighted by Crippen LogP contribution is 2.28. The van der Waals surface area contributed by atoms with E-state index in [1.54, 1.807) is 11.0 Å². The molecule has 17 heavy (non-hydrogen) atoms. The summed E-state index contributed by atoms with van der Waals surface area (Å²) in [4.78, 5) is 10.9. The smallest absolute Gasteiger partial charge is 0.163 e. The zero-order valence-electron chi connectivity index (χ0n) is 9.87.